The van der Waals surface area contributed by atoms with Gasteiger partial charge in [0.15, 0.2) is 0 Å². The summed E-state index contributed by atoms with van der Waals surface area (Å²) in [5, 5.41) is 2.74. The van der Waals surface area contributed by atoms with Crippen molar-refractivity contribution in [2.45, 2.75) is 45.1 Å². The molecule has 2 rings (SSSR count). The number of carbonyl (C=O) groups excluding carboxylic acids is 1. The van der Waals surface area contributed by atoms with Gasteiger partial charge in [-0.15, -0.1) is 0 Å². The fraction of sp³-hybridized carbons (Fsp3) is 0.917. The van der Waals surface area contributed by atoms with Crippen molar-refractivity contribution in [3.63, 3.8) is 0 Å². The molecule has 5 nitrogen and oxygen atoms in total. The zero-order valence-corrected chi connectivity index (χ0v) is 11.9. The zero-order valence-electron chi connectivity index (χ0n) is 11.1. The van der Waals surface area contributed by atoms with Gasteiger partial charge in [0.25, 0.3) is 0 Å². The molecule has 2 aliphatic rings. The summed E-state index contributed by atoms with van der Waals surface area (Å²) in [6.45, 7) is 2.32. The summed E-state index contributed by atoms with van der Waals surface area (Å²) in [6, 6.07) is -0.144. The quantitative estimate of drug-likeness (QED) is 0.806. The van der Waals surface area contributed by atoms with Gasteiger partial charge in [0.1, 0.15) is 0 Å². The monoisotopic (exact) mass is 274 g/mol. The summed E-state index contributed by atoms with van der Waals surface area (Å²) in [7, 11) is -1.53. The van der Waals surface area contributed by atoms with E-state index in [9.17, 15) is 13.2 Å². The van der Waals surface area contributed by atoms with E-state index in [-0.39, 0.29) is 17.7 Å². The van der Waals surface area contributed by atoms with Crippen molar-refractivity contribution in [2.75, 3.05) is 19.3 Å². The lowest BCUT2D eigenvalue weighted by Gasteiger charge is -2.50. The number of rotatable bonds is 2. The van der Waals surface area contributed by atoms with Gasteiger partial charge in [-0.2, -0.15) is 4.31 Å². The van der Waals surface area contributed by atoms with Crippen LogP contribution in [0.4, 0.5) is 0 Å². The molecule has 0 aromatic heterocycles. The van der Waals surface area contributed by atoms with E-state index in [4.69, 9.17) is 0 Å². The molecule has 1 saturated carbocycles. The number of hydrogen-bond acceptors (Lipinski definition) is 3. The first-order valence-electron chi connectivity index (χ1n) is 6.69. The molecule has 2 fully saturated rings. The topological polar surface area (TPSA) is 66.5 Å². The van der Waals surface area contributed by atoms with Gasteiger partial charge in [-0.1, -0.05) is 19.8 Å². The Labute approximate surface area is 109 Å². The summed E-state index contributed by atoms with van der Waals surface area (Å²) < 4.78 is 25.8. The van der Waals surface area contributed by atoms with Gasteiger partial charge in [-0.05, 0) is 19.3 Å². The average Bonchev–Trinajstić information content (AvgIpc) is 2.37. The van der Waals surface area contributed by atoms with Crippen LogP contribution in [-0.4, -0.2) is 44.0 Å². The lowest BCUT2D eigenvalue weighted by molar-refractivity contribution is -0.136. The van der Waals surface area contributed by atoms with E-state index in [1.165, 1.54) is 0 Å². The van der Waals surface area contributed by atoms with Crippen LogP contribution >= 0.6 is 0 Å². The van der Waals surface area contributed by atoms with Crippen molar-refractivity contribution in [2.24, 2.45) is 5.41 Å². The van der Waals surface area contributed by atoms with Gasteiger partial charge >= 0.3 is 0 Å². The normalized spacial score (nSPS) is 35.8. The van der Waals surface area contributed by atoms with Crippen LogP contribution in [-0.2, 0) is 14.8 Å². The molecule has 6 heteroatoms. The number of fused-ring (bicyclic) bond motifs is 1. The van der Waals surface area contributed by atoms with Gasteiger partial charge in [0, 0.05) is 19.6 Å². The molecule has 0 radical (unpaired) electrons. The maximum absolute atomic E-state index is 12.3. The van der Waals surface area contributed by atoms with Crippen LogP contribution in [0.5, 0.6) is 0 Å². The van der Waals surface area contributed by atoms with Crippen LogP contribution in [0, 0.1) is 5.41 Å². The van der Waals surface area contributed by atoms with E-state index >= 15 is 0 Å². The van der Waals surface area contributed by atoms with Crippen molar-refractivity contribution < 1.29 is 13.2 Å². The van der Waals surface area contributed by atoms with Crippen molar-refractivity contribution >= 4 is 15.9 Å². The Morgan fingerprint density at radius 1 is 1.39 bits per heavy atom. The molecule has 0 aromatic rings. The number of amides is 1. The van der Waals surface area contributed by atoms with E-state index in [0.717, 1.165) is 25.7 Å². The molecule has 1 saturated heterocycles. The molecule has 104 valence electrons. The zero-order chi connectivity index (χ0) is 13.4. The van der Waals surface area contributed by atoms with E-state index in [1.54, 1.807) is 11.4 Å². The molecule has 1 aliphatic heterocycles. The molecule has 18 heavy (non-hydrogen) atoms. The first-order valence-corrected chi connectivity index (χ1v) is 8.30. The van der Waals surface area contributed by atoms with Crippen LogP contribution in [0.3, 0.4) is 0 Å². The Balaban J connectivity index is 2.41. The van der Waals surface area contributed by atoms with Gasteiger partial charge < -0.3 is 5.32 Å². The first kappa shape index (κ1) is 13.8. The minimum Gasteiger partial charge on any atom is -0.359 e. The lowest BCUT2D eigenvalue weighted by Crippen LogP contribution is -2.62. The number of nitrogens with zero attached hydrogens (tertiary/aromatic N) is 1. The molecule has 1 heterocycles. The Hall–Kier alpha value is -0.620. The third-order valence-corrected chi connectivity index (χ3v) is 6.44. The summed E-state index contributed by atoms with van der Waals surface area (Å²) in [4.78, 5) is 12.3. The Kier molecular flexibility index (Phi) is 3.69. The number of nitrogens with one attached hydrogen (secondary N) is 1. The van der Waals surface area contributed by atoms with Crippen molar-refractivity contribution in [1.29, 1.82) is 0 Å². The summed E-state index contributed by atoms with van der Waals surface area (Å²) in [5.41, 5.74) is -0.492. The first-order chi connectivity index (χ1) is 8.48. The second kappa shape index (κ2) is 4.81. The van der Waals surface area contributed by atoms with Gasteiger partial charge in [0.2, 0.25) is 15.9 Å². The lowest BCUT2D eigenvalue weighted by atomic mass is 9.67. The Morgan fingerprint density at radius 3 is 2.72 bits per heavy atom. The summed E-state index contributed by atoms with van der Waals surface area (Å²) in [5.74, 6) is 0.116. The highest BCUT2D eigenvalue weighted by Gasteiger charge is 2.54. The highest BCUT2D eigenvalue weighted by atomic mass is 32.2. The number of carbonyl (C=O) groups is 1. The van der Waals surface area contributed by atoms with E-state index in [0.29, 0.717) is 13.0 Å². The van der Waals surface area contributed by atoms with Gasteiger partial charge in [-0.3, -0.25) is 4.79 Å². The molecule has 0 spiro atoms. The van der Waals surface area contributed by atoms with E-state index < -0.39 is 15.4 Å². The second-order valence-corrected chi connectivity index (χ2v) is 7.31. The largest absolute Gasteiger partial charge is 0.359 e. The van der Waals surface area contributed by atoms with Gasteiger partial charge in [-0.25, -0.2) is 8.42 Å². The number of sulfonamides is 1. The fourth-order valence-corrected chi connectivity index (χ4v) is 5.54. The SMILES string of the molecule is CCN1[C@@H]2CCCC[C@@]2(C(=O)NC)CCS1(=O)=O. The van der Waals surface area contributed by atoms with Crippen LogP contribution in [0.25, 0.3) is 0 Å². The van der Waals surface area contributed by atoms with Crippen LogP contribution in [0.2, 0.25) is 0 Å². The third-order valence-electron chi connectivity index (χ3n) is 4.49. The Morgan fingerprint density at radius 2 is 2.11 bits per heavy atom. The van der Waals surface area contributed by atoms with Gasteiger partial charge in [0.05, 0.1) is 11.2 Å². The molecular weight excluding hydrogens is 252 g/mol. The molecular formula is C12H22N2O3S. The van der Waals surface area contributed by atoms with E-state index in [2.05, 4.69) is 5.32 Å². The minimum absolute atomic E-state index is 0.0144. The number of hydrogen-bond donors (Lipinski definition) is 1. The molecule has 0 unspecified atom stereocenters. The maximum atomic E-state index is 12.3. The van der Waals surface area contributed by atoms with Crippen molar-refractivity contribution in [3.05, 3.63) is 0 Å². The third kappa shape index (κ3) is 1.95. The standard InChI is InChI=1S/C12H22N2O3S/c1-3-14-10-6-4-5-7-12(10,11(15)13-2)8-9-18(14,16)17/h10H,3-9H2,1-2H3,(H,13,15)/t10-,12-/m1/s1. The second-order valence-electron chi connectivity index (χ2n) is 5.27. The predicted molar refractivity (Wildman–Crippen MR) is 69.5 cm³/mol. The van der Waals surface area contributed by atoms with Crippen molar-refractivity contribution in [1.82, 2.24) is 9.62 Å². The van der Waals surface area contributed by atoms with E-state index in [1.807, 2.05) is 6.92 Å². The van der Waals surface area contributed by atoms with Crippen LogP contribution in [0.15, 0.2) is 0 Å². The Bertz CT molecular complexity index is 435. The molecule has 0 bridgehead atoms. The van der Waals surface area contributed by atoms with Crippen molar-refractivity contribution in [3.8, 4) is 0 Å². The van der Waals surface area contributed by atoms with Crippen LogP contribution < -0.4 is 5.32 Å². The molecule has 1 N–H and O–H groups in total. The smallest absolute Gasteiger partial charge is 0.227 e. The molecule has 1 amide bonds. The molecule has 1 aliphatic carbocycles. The fourth-order valence-electron chi connectivity index (χ4n) is 3.60. The maximum Gasteiger partial charge on any atom is 0.227 e. The summed E-state index contributed by atoms with van der Waals surface area (Å²) >= 11 is 0. The minimum atomic E-state index is -3.17. The highest BCUT2D eigenvalue weighted by Crippen LogP contribution is 2.46. The van der Waals surface area contributed by atoms with Crippen LogP contribution in [0.1, 0.15) is 39.0 Å². The summed E-state index contributed by atoms with van der Waals surface area (Å²) in [6.07, 6.45) is 4.11. The molecule has 0 aromatic carbocycles. The molecule has 2 atom stereocenters. The average molecular weight is 274 g/mol. The highest BCUT2D eigenvalue weighted by molar-refractivity contribution is 7.89. The predicted octanol–water partition coefficient (Wildman–Crippen LogP) is 0.717.